The Bertz CT molecular complexity index is 64.4. The average molecular weight is 141 g/mol. The van der Waals surface area contributed by atoms with E-state index in [4.69, 9.17) is 0 Å². The van der Waals surface area contributed by atoms with E-state index in [1.54, 1.807) is 5.92 Å². The second-order valence-corrected chi connectivity index (χ2v) is 3.60. The van der Waals surface area contributed by atoms with Crippen LogP contribution in [-0.2, 0) is 0 Å². The maximum absolute atomic E-state index is 2.29. The second kappa shape index (κ2) is 5.76. The summed E-state index contributed by atoms with van der Waals surface area (Å²) in [6, 6.07) is 0. The summed E-state index contributed by atoms with van der Waals surface area (Å²) in [5, 5.41) is 0. The Hall–Kier alpha value is 0. The molecule has 1 radical (unpaired) electrons. The molecule has 0 saturated carbocycles. The SMILES string of the molecule is CC[C](C)CCCC(C)C. The highest BCUT2D eigenvalue weighted by molar-refractivity contribution is 4.80. The summed E-state index contributed by atoms with van der Waals surface area (Å²) >= 11 is 0. The van der Waals surface area contributed by atoms with Crippen molar-refractivity contribution in [3.8, 4) is 0 Å². The summed E-state index contributed by atoms with van der Waals surface area (Å²) in [6.07, 6.45) is 5.38. The smallest absolute Gasteiger partial charge is 0.0275 e. The van der Waals surface area contributed by atoms with Crippen molar-refractivity contribution in [1.82, 2.24) is 0 Å². The molecule has 0 bridgehead atoms. The second-order valence-electron chi connectivity index (χ2n) is 3.60. The molecule has 0 aromatic rings. The molecule has 0 aromatic heterocycles. The predicted octanol–water partition coefficient (Wildman–Crippen LogP) is 3.82. The van der Waals surface area contributed by atoms with Crippen LogP contribution >= 0.6 is 0 Å². The maximum atomic E-state index is 2.29. The van der Waals surface area contributed by atoms with Gasteiger partial charge in [-0.1, -0.05) is 47.0 Å². The third kappa shape index (κ3) is 6.12. The summed E-state index contributed by atoms with van der Waals surface area (Å²) in [5.41, 5.74) is 0. The van der Waals surface area contributed by atoms with Crippen LogP contribution in [0.5, 0.6) is 0 Å². The third-order valence-corrected chi connectivity index (χ3v) is 1.99. The van der Waals surface area contributed by atoms with E-state index in [0.717, 1.165) is 5.92 Å². The monoisotopic (exact) mass is 141 g/mol. The lowest BCUT2D eigenvalue weighted by Gasteiger charge is -2.08. The van der Waals surface area contributed by atoms with Gasteiger partial charge in [0, 0.05) is 0 Å². The Balaban J connectivity index is 3.03. The lowest BCUT2D eigenvalue weighted by Crippen LogP contribution is -1.92. The lowest BCUT2D eigenvalue weighted by molar-refractivity contribution is 0.537. The molecule has 0 aliphatic rings. The molecule has 0 atom stereocenters. The predicted molar refractivity (Wildman–Crippen MR) is 47.9 cm³/mol. The molecule has 0 amide bonds. The zero-order valence-electron chi connectivity index (χ0n) is 7.91. The van der Waals surface area contributed by atoms with Crippen LogP contribution in [0.2, 0.25) is 0 Å². The topological polar surface area (TPSA) is 0 Å². The Morgan fingerprint density at radius 3 is 2.30 bits per heavy atom. The van der Waals surface area contributed by atoms with Crippen LogP contribution in [0, 0.1) is 11.8 Å². The van der Waals surface area contributed by atoms with E-state index >= 15 is 0 Å². The summed E-state index contributed by atoms with van der Waals surface area (Å²) < 4.78 is 0. The van der Waals surface area contributed by atoms with Gasteiger partial charge in [-0.05, 0) is 18.3 Å². The molecule has 0 aromatic carbocycles. The summed E-state index contributed by atoms with van der Waals surface area (Å²) in [7, 11) is 0. The molecule has 0 saturated heterocycles. The fraction of sp³-hybridized carbons (Fsp3) is 0.900. The molecule has 0 N–H and O–H groups in total. The summed E-state index contributed by atoms with van der Waals surface area (Å²) in [5.74, 6) is 2.53. The van der Waals surface area contributed by atoms with E-state index in [-0.39, 0.29) is 0 Å². The average Bonchev–Trinajstić information content (AvgIpc) is 1.87. The van der Waals surface area contributed by atoms with Crippen LogP contribution in [0.25, 0.3) is 0 Å². The van der Waals surface area contributed by atoms with E-state index in [1.165, 1.54) is 25.7 Å². The lowest BCUT2D eigenvalue weighted by atomic mass is 9.98. The summed E-state index contributed by atoms with van der Waals surface area (Å²) in [4.78, 5) is 0. The van der Waals surface area contributed by atoms with Gasteiger partial charge in [-0.15, -0.1) is 0 Å². The van der Waals surface area contributed by atoms with E-state index < -0.39 is 0 Å². The van der Waals surface area contributed by atoms with Gasteiger partial charge >= 0.3 is 0 Å². The molecule has 61 valence electrons. The highest BCUT2D eigenvalue weighted by atomic mass is 14.0. The van der Waals surface area contributed by atoms with Gasteiger partial charge in [-0.3, -0.25) is 0 Å². The van der Waals surface area contributed by atoms with Crippen LogP contribution < -0.4 is 0 Å². The normalized spacial score (nSPS) is 11.4. The first-order chi connectivity index (χ1) is 4.66. The van der Waals surface area contributed by atoms with Crippen molar-refractivity contribution in [2.45, 2.75) is 53.4 Å². The molecule has 0 fully saturated rings. The molecule has 0 unspecified atom stereocenters. The standard InChI is InChI=1S/C10H21/c1-5-10(4)8-6-7-9(2)3/h9H,5-8H2,1-4H3. The number of hydrogen-bond donors (Lipinski definition) is 0. The van der Waals surface area contributed by atoms with E-state index in [0.29, 0.717) is 0 Å². The number of rotatable bonds is 5. The van der Waals surface area contributed by atoms with Crippen molar-refractivity contribution in [1.29, 1.82) is 0 Å². The fourth-order valence-corrected chi connectivity index (χ4v) is 0.989. The van der Waals surface area contributed by atoms with Gasteiger partial charge in [-0.25, -0.2) is 0 Å². The zero-order valence-corrected chi connectivity index (χ0v) is 7.91. The van der Waals surface area contributed by atoms with Crippen LogP contribution in [0.1, 0.15) is 53.4 Å². The van der Waals surface area contributed by atoms with Crippen LogP contribution in [0.3, 0.4) is 0 Å². The van der Waals surface area contributed by atoms with E-state index in [9.17, 15) is 0 Å². The van der Waals surface area contributed by atoms with Crippen molar-refractivity contribution in [2.24, 2.45) is 5.92 Å². The van der Waals surface area contributed by atoms with Gasteiger partial charge in [0.2, 0.25) is 0 Å². The quantitative estimate of drug-likeness (QED) is 0.546. The van der Waals surface area contributed by atoms with Crippen molar-refractivity contribution < 1.29 is 0 Å². The molecule has 0 spiro atoms. The maximum Gasteiger partial charge on any atom is -0.0275 e. The molecular formula is C10H21. The number of hydrogen-bond acceptors (Lipinski definition) is 0. The molecule has 0 aliphatic carbocycles. The zero-order chi connectivity index (χ0) is 7.98. The van der Waals surface area contributed by atoms with Crippen LogP contribution in [-0.4, -0.2) is 0 Å². The van der Waals surface area contributed by atoms with Crippen molar-refractivity contribution >= 4 is 0 Å². The molecule has 0 aliphatic heterocycles. The molecule has 0 nitrogen and oxygen atoms in total. The minimum atomic E-state index is 0.879. The third-order valence-electron chi connectivity index (χ3n) is 1.99. The minimum absolute atomic E-state index is 0.879. The molecular weight excluding hydrogens is 120 g/mol. The Labute approximate surface area is 66.0 Å². The van der Waals surface area contributed by atoms with E-state index in [1.807, 2.05) is 0 Å². The Kier molecular flexibility index (Phi) is 5.76. The Morgan fingerprint density at radius 2 is 1.90 bits per heavy atom. The van der Waals surface area contributed by atoms with Gasteiger partial charge in [0.1, 0.15) is 0 Å². The first-order valence-electron chi connectivity index (χ1n) is 4.48. The van der Waals surface area contributed by atoms with Crippen molar-refractivity contribution in [3.05, 3.63) is 5.92 Å². The highest BCUT2D eigenvalue weighted by Gasteiger charge is 1.99. The fourth-order valence-electron chi connectivity index (χ4n) is 0.989. The summed E-state index contributed by atoms with van der Waals surface area (Å²) in [6.45, 7) is 9.09. The first kappa shape index (κ1) is 10.0. The molecule has 0 heteroatoms. The molecule has 0 heterocycles. The van der Waals surface area contributed by atoms with Gasteiger partial charge in [0.25, 0.3) is 0 Å². The Morgan fingerprint density at radius 1 is 1.30 bits per heavy atom. The first-order valence-corrected chi connectivity index (χ1v) is 4.48. The largest absolute Gasteiger partial charge is 0.0648 e. The molecule has 10 heavy (non-hydrogen) atoms. The van der Waals surface area contributed by atoms with Crippen molar-refractivity contribution in [3.63, 3.8) is 0 Å². The highest BCUT2D eigenvalue weighted by Crippen LogP contribution is 2.15. The van der Waals surface area contributed by atoms with Crippen LogP contribution in [0.4, 0.5) is 0 Å². The van der Waals surface area contributed by atoms with Crippen molar-refractivity contribution in [2.75, 3.05) is 0 Å². The van der Waals surface area contributed by atoms with E-state index in [2.05, 4.69) is 27.7 Å². The van der Waals surface area contributed by atoms with Gasteiger partial charge in [0.15, 0.2) is 0 Å². The van der Waals surface area contributed by atoms with Crippen LogP contribution in [0.15, 0.2) is 0 Å². The van der Waals surface area contributed by atoms with Gasteiger partial charge in [0.05, 0.1) is 0 Å². The van der Waals surface area contributed by atoms with Gasteiger partial charge in [-0.2, -0.15) is 0 Å². The van der Waals surface area contributed by atoms with Gasteiger partial charge < -0.3 is 0 Å². The molecule has 0 rings (SSSR count). The minimum Gasteiger partial charge on any atom is -0.0648 e.